The number of ether oxygens (including phenoxy) is 2. The highest BCUT2D eigenvalue weighted by Gasteiger charge is 2.15. The van der Waals surface area contributed by atoms with E-state index in [0.29, 0.717) is 37.1 Å². The van der Waals surface area contributed by atoms with Crippen LogP contribution in [0.1, 0.15) is 17.7 Å². The molecule has 0 aliphatic rings. The van der Waals surface area contributed by atoms with E-state index in [2.05, 4.69) is 4.72 Å². The summed E-state index contributed by atoms with van der Waals surface area (Å²) in [6, 6.07) is 3.33. The third kappa shape index (κ3) is 6.29. The summed E-state index contributed by atoms with van der Waals surface area (Å²) in [5.41, 5.74) is 5.47. The molecular weight excluding hydrogens is 300 g/mol. The first-order chi connectivity index (χ1) is 9.60. The molecule has 0 radical (unpaired) electrons. The van der Waals surface area contributed by atoms with Gasteiger partial charge in [0.1, 0.15) is 4.21 Å². The van der Waals surface area contributed by atoms with E-state index in [0.717, 1.165) is 17.7 Å². The predicted molar refractivity (Wildman–Crippen MR) is 79.3 cm³/mol. The van der Waals surface area contributed by atoms with Crippen LogP contribution in [0.4, 0.5) is 0 Å². The maximum atomic E-state index is 11.9. The summed E-state index contributed by atoms with van der Waals surface area (Å²) < 4.78 is 36.9. The molecule has 0 aliphatic carbocycles. The maximum Gasteiger partial charge on any atom is 0.250 e. The fourth-order valence-electron chi connectivity index (χ4n) is 1.46. The lowest BCUT2D eigenvalue weighted by Crippen LogP contribution is -2.24. The van der Waals surface area contributed by atoms with Gasteiger partial charge < -0.3 is 15.2 Å². The van der Waals surface area contributed by atoms with Crippen LogP contribution in [0.5, 0.6) is 0 Å². The number of methoxy groups -OCH3 is 1. The minimum atomic E-state index is -3.40. The molecule has 1 heterocycles. The van der Waals surface area contributed by atoms with Crippen LogP contribution in [0.3, 0.4) is 0 Å². The van der Waals surface area contributed by atoms with E-state index in [4.69, 9.17) is 15.2 Å². The largest absolute Gasteiger partial charge is 0.382 e. The van der Waals surface area contributed by atoms with Crippen LogP contribution in [0.15, 0.2) is 16.3 Å². The van der Waals surface area contributed by atoms with Crippen LogP contribution < -0.4 is 10.5 Å². The minimum absolute atomic E-state index is 0.314. The smallest absolute Gasteiger partial charge is 0.250 e. The van der Waals surface area contributed by atoms with Gasteiger partial charge in [0.05, 0.1) is 13.2 Å². The fourth-order valence-corrected chi connectivity index (χ4v) is 3.82. The van der Waals surface area contributed by atoms with Gasteiger partial charge in [-0.2, -0.15) is 0 Å². The Morgan fingerprint density at radius 1 is 1.25 bits per heavy atom. The highest BCUT2D eigenvalue weighted by atomic mass is 32.2. The Kier molecular flexibility index (Phi) is 8.27. The van der Waals surface area contributed by atoms with E-state index < -0.39 is 10.0 Å². The van der Waals surface area contributed by atoms with Gasteiger partial charge in [-0.3, -0.25) is 0 Å². The molecule has 0 saturated heterocycles. The first-order valence-corrected chi connectivity index (χ1v) is 8.75. The Bertz CT molecular complexity index is 474. The number of nitrogens with one attached hydrogen (secondary N) is 1. The average Bonchev–Trinajstić information content (AvgIpc) is 2.91. The Morgan fingerprint density at radius 2 is 2.05 bits per heavy atom. The SMILES string of the molecule is COCCOCCCCNS(=O)(=O)c1ccc(CN)s1. The zero-order valence-corrected chi connectivity index (χ0v) is 13.3. The molecule has 1 aromatic heterocycles. The molecule has 0 spiro atoms. The van der Waals surface area contributed by atoms with Crippen molar-refractivity contribution in [3.05, 3.63) is 17.0 Å². The molecule has 116 valence electrons. The van der Waals surface area contributed by atoms with Gasteiger partial charge in [0, 0.05) is 31.7 Å². The molecule has 0 atom stereocenters. The minimum Gasteiger partial charge on any atom is -0.382 e. The summed E-state index contributed by atoms with van der Waals surface area (Å²) in [5, 5.41) is 0. The number of sulfonamides is 1. The average molecular weight is 322 g/mol. The van der Waals surface area contributed by atoms with E-state index in [1.165, 1.54) is 11.3 Å². The zero-order valence-electron chi connectivity index (χ0n) is 11.6. The zero-order chi connectivity index (χ0) is 14.8. The van der Waals surface area contributed by atoms with Crippen LogP contribution in [0.2, 0.25) is 0 Å². The number of rotatable bonds is 11. The van der Waals surface area contributed by atoms with Crippen molar-refractivity contribution in [2.24, 2.45) is 5.73 Å². The van der Waals surface area contributed by atoms with Crippen molar-refractivity contribution in [3.8, 4) is 0 Å². The van der Waals surface area contributed by atoms with Crippen molar-refractivity contribution in [1.82, 2.24) is 4.72 Å². The van der Waals surface area contributed by atoms with E-state index >= 15 is 0 Å². The Morgan fingerprint density at radius 3 is 2.70 bits per heavy atom. The van der Waals surface area contributed by atoms with Crippen molar-refractivity contribution in [1.29, 1.82) is 0 Å². The van der Waals surface area contributed by atoms with Gasteiger partial charge in [-0.25, -0.2) is 13.1 Å². The molecule has 20 heavy (non-hydrogen) atoms. The number of hydrogen-bond donors (Lipinski definition) is 2. The molecule has 0 fully saturated rings. The lowest BCUT2D eigenvalue weighted by atomic mass is 10.3. The summed E-state index contributed by atoms with van der Waals surface area (Å²) in [4.78, 5) is 0.858. The standard InChI is InChI=1S/C12H22N2O4S2/c1-17-8-9-18-7-3-2-6-14-20(15,16)12-5-4-11(10-13)19-12/h4-5,14H,2-3,6-10,13H2,1H3. The normalized spacial score (nSPS) is 11.9. The van der Waals surface area contributed by atoms with Gasteiger partial charge in [0.25, 0.3) is 0 Å². The molecular formula is C12H22N2O4S2. The second-order valence-corrected chi connectivity index (χ2v) is 7.30. The number of nitrogens with two attached hydrogens (primary N) is 1. The topological polar surface area (TPSA) is 90.6 Å². The van der Waals surface area contributed by atoms with Gasteiger partial charge in [-0.15, -0.1) is 11.3 Å². The van der Waals surface area contributed by atoms with Crippen LogP contribution in [-0.4, -0.2) is 41.9 Å². The van der Waals surface area contributed by atoms with Crippen LogP contribution in [0, 0.1) is 0 Å². The molecule has 3 N–H and O–H groups in total. The van der Waals surface area contributed by atoms with Crippen molar-refractivity contribution < 1.29 is 17.9 Å². The lowest BCUT2D eigenvalue weighted by molar-refractivity contribution is 0.0689. The molecule has 0 aliphatic heterocycles. The summed E-state index contributed by atoms with van der Waals surface area (Å²) in [7, 11) is -1.77. The van der Waals surface area contributed by atoms with Gasteiger partial charge in [-0.1, -0.05) is 0 Å². The molecule has 0 bridgehead atoms. The Labute approximate surface area is 124 Å². The van der Waals surface area contributed by atoms with Crippen molar-refractivity contribution >= 4 is 21.4 Å². The van der Waals surface area contributed by atoms with E-state index in [1.807, 2.05) is 0 Å². The third-order valence-electron chi connectivity index (χ3n) is 2.54. The van der Waals surface area contributed by atoms with Crippen molar-refractivity contribution in [2.75, 3.05) is 33.5 Å². The first-order valence-electron chi connectivity index (χ1n) is 6.45. The highest BCUT2D eigenvalue weighted by Crippen LogP contribution is 2.20. The molecule has 0 saturated carbocycles. The summed E-state index contributed by atoms with van der Waals surface area (Å²) >= 11 is 1.20. The quantitative estimate of drug-likeness (QED) is 0.591. The number of hydrogen-bond acceptors (Lipinski definition) is 6. The highest BCUT2D eigenvalue weighted by molar-refractivity contribution is 7.91. The van der Waals surface area contributed by atoms with E-state index in [-0.39, 0.29) is 0 Å². The molecule has 1 rings (SSSR count). The van der Waals surface area contributed by atoms with Crippen molar-refractivity contribution in [3.63, 3.8) is 0 Å². The molecule has 1 aromatic rings. The molecule has 0 amide bonds. The number of unbranched alkanes of at least 4 members (excludes halogenated alkanes) is 1. The van der Waals surface area contributed by atoms with Crippen molar-refractivity contribution in [2.45, 2.75) is 23.6 Å². The monoisotopic (exact) mass is 322 g/mol. The summed E-state index contributed by atoms with van der Waals surface area (Å²) in [6.07, 6.45) is 1.55. The molecule has 8 heteroatoms. The number of thiophene rings is 1. The van der Waals surface area contributed by atoms with Gasteiger partial charge >= 0.3 is 0 Å². The third-order valence-corrected chi connectivity index (χ3v) is 5.60. The van der Waals surface area contributed by atoms with Crippen LogP contribution >= 0.6 is 11.3 Å². The van der Waals surface area contributed by atoms with Crippen LogP contribution in [-0.2, 0) is 26.0 Å². The van der Waals surface area contributed by atoms with E-state index in [9.17, 15) is 8.42 Å². The van der Waals surface area contributed by atoms with Gasteiger partial charge in [0.2, 0.25) is 10.0 Å². The van der Waals surface area contributed by atoms with Gasteiger partial charge in [0.15, 0.2) is 0 Å². The summed E-state index contributed by atoms with van der Waals surface area (Å²) in [5.74, 6) is 0. The molecule has 6 nitrogen and oxygen atoms in total. The lowest BCUT2D eigenvalue weighted by Gasteiger charge is -2.05. The first kappa shape index (κ1) is 17.5. The summed E-state index contributed by atoms with van der Waals surface area (Å²) in [6.45, 7) is 2.53. The van der Waals surface area contributed by atoms with Gasteiger partial charge in [-0.05, 0) is 25.0 Å². The second-order valence-electron chi connectivity index (χ2n) is 4.13. The van der Waals surface area contributed by atoms with E-state index in [1.54, 1.807) is 19.2 Å². The Balaban J connectivity index is 2.20. The predicted octanol–water partition coefficient (Wildman–Crippen LogP) is 0.928. The molecule has 0 unspecified atom stereocenters. The fraction of sp³-hybridized carbons (Fsp3) is 0.667. The maximum absolute atomic E-state index is 11.9. The Hall–Kier alpha value is -0.510. The van der Waals surface area contributed by atoms with Crippen LogP contribution in [0.25, 0.3) is 0 Å². The molecule has 0 aromatic carbocycles. The second kappa shape index (κ2) is 9.43.